The van der Waals surface area contributed by atoms with Crippen LogP contribution in [-0.4, -0.2) is 97.4 Å². The number of hydrogen-bond donors (Lipinski definition) is 8. The number of carboxylic acids is 1. The number of aliphatic carboxylic acids is 1. The Kier molecular flexibility index (Phi) is 8.76. The monoisotopic (exact) mass is 601 g/mol. The highest BCUT2D eigenvalue weighted by atomic mass is 16.4. The van der Waals surface area contributed by atoms with Gasteiger partial charge in [0.1, 0.15) is 28.9 Å². The number of benzene rings is 1. The molecule has 43 heavy (non-hydrogen) atoms. The first-order valence-corrected chi connectivity index (χ1v) is 14.3. The van der Waals surface area contributed by atoms with Gasteiger partial charge in [0, 0.05) is 17.4 Å². The molecule has 6 atom stereocenters. The van der Waals surface area contributed by atoms with Gasteiger partial charge in [0.05, 0.1) is 23.9 Å². The predicted molar refractivity (Wildman–Crippen MR) is 153 cm³/mol. The molecule has 8 N–H and O–H groups in total. The van der Waals surface area contributed by atoms with E-state index in [1.165, 1.54) is 44.1 Å². The standard InChI is InChI=1S/C30H39N3O10/c1-5-6-7-10-17(28(40)41)31-13-32-27(39)21-24(36)22(33(3)4)16-12-15-20(25(37)30(16,43)26(21)38)23(35)19-14(29(15,2)42)9-8-11-18(19)34/h8-9,11,15-17,22,31,34-35,38,42-43H,5-7,10,12-13H2,1-4H3,(H,32,39)(H,40,41)/t15-,16-,17?,22-,29+,30-/m0/s1. The van der Waals surface area contributed by atoms with Crippen molar-refractivity contribution < 1.29 is 49.8 Å². The van der Waals surface area contributed by atoms with Crippen LogP contribution in [0.5, 0.6) is 5.75 Å². The number of unbranched alkanes of at least 4 members (excludes halogenated alkanes) is 2. The van der Waals surface area contributed by atoms with Crippen molar-refractivity contribution in [2.45, 2.75) is 69.2 Å². The van der Waals surface area contributed by atoms with Crippen LogP contribution < -0.4 is 10.6 Å². The van der Waals surface area contributed by atoms with Crippen molar-refractivity contribution in [1.82, 2.24) is 15.5 Å². The van der Waals surface area contributed by atoms with Gasteiger partial charge in [-0.15, -0.1) is 0 Å². The molecule has 0 saturated heterocycles. The van der Waals surface area contributed by atoms with E-state index in [4.69, 9.17) is 0 Å². The lowest BCUT2D eigenvalue weighted by atomic mass is 9.54. The first kappa shape index (κ1) is 32.1. The van der Waals surface area contributed by atoms with E-state index in [1.54, 1.807) is 0 Å². The molecule has 13 nitrogen and oxygen atoms in total. The van der Waals surface area contributed by atoms with Gasteiger partial charge in [-0.2, -0.15) is 0 Å². The van der Waals surface area contributed by atoms with E-state index in [9.17, 15) is 49.8 Å². The summed E-state index contributed by atoms with van der Waals surface area (Å²) >= 11 is 0. The molecule has 3 aliphatic carbocycles. The lowest BCUT2D eigenvalue weighted by Crippen LogP contribution is -2.67. The molecule has 0 aliphatic heterocycles. The topological polar surface area (TPSA) is 217 Å². The summed E-state index contributed by atoms with van der Waals surface area (Å²) in [5.41, 5.74) is -6.06. The number of amides is 1. The summed E-state index contributed by atoms with van der Waals surface area (Å²) in [5.74, 6) is -9.16. The number of nitrogens with zero attached hydrogens (tertiary/aromatic N) is 1. The number of ketones is 2. The summed E-state index contributed by atoms with van der Waals surface area (Å²) in [5, 5.41) is 71.0. The average Bonchev–Trinajstić information content (AvgIpc) is 2.92. The van der Waals surface area contributed by atoms with Gasteiger partial charge >= 0.3 is 5.97 Å². The van der Waals surface area contributed by atoms with Gasteiger partial charge in [-0.05, 0) is 45.5 Å². The van der Waals surface area contributed by atoms with Crippen LogP contribution in [0.3, 0.4) is 0 Å². The largest absolute Gasteiger partial charge is 0.508 e. The van der Waals surface area contributed by atoms with Crippen molar-refractivity contribution in [2.24, 2.45) is 11.8 Å². The number of aliphatic hydroxyl groups excluding tert-OH is 2. The number of rotatable bonds is 10. The highest BCUT2D eigenvalue weighted by molar-refractivity contribution is 6.25. The maximum absolute atomic E-state index is 14.1. The number of likely N-dealkylation sites (N-methyl/N-ethyl adjacent to an activating group) is 1. The Hall–Kier alpha value is -3.78. The van der Waals surface area contributed by atoms with E-state index in [2.05, 4.69) is 10.6 Å². The number of hydrogen-bond acceptors (Lipinski definition) is 11. The molecule has 4 rings (SSSR count). The summed E-state index contributed by atoms with van der Waals surface area (Å²) < 4.78 is 0. The van der Waals surface area contributed by atoms with Crippen LogP contribution >= 0.6 is 0 Å². The van der Waals surface area contributed by atoms with Crippen LogP contribution in [0.15, 0.2) is 35.1 Å². The van der Waals surface area contributed by atoms with Crippen LogP contribution in [0.2, 0.25) is 0 Å². The SMILES string of the molecule is CCCCCC(NCNC(=O)C1=C(O)[C@@]2(O)C(=O)C3=C(O)c4c(O)cccc4[C@@](C)(O)[C@H]3C[C@H]2[C@H](N(C)C)C1=O)C(=O)O. The highest BCUT2D eigenvalue weighted by Gasteiger charge is 2.66. The zero-order valence-corrected chi connectivity index (χ0v) is 24.5. The molecule has 0 spiro atoms. The fourth-order valence-corrected chi connectivity index (χ4v) is 6.74. The van der Waals surface area contributed by atoms with Crippen molar-refractivity contribution >= 4 is 29.2 Å². The molecular weight excluding hydrogens is 562 g/mol. The quantitative estimate of drug-likeness (QED) is 0.106. The zero-order chi connectivity index (χ0) is 32.0. The number of nitrogens with one attached hydrogen (secondary N) is 2. The van der Waals surface area contributed by atoms with Crippen LogP contribution in [0.1, 0.15) is 57.1 Å². The number of carboxylic acid groups (broad SMARTS) is 1. The molecule has 1 aromatic carbocycles. The number of aromatic hydroxyl groups is 1. The minimum atomic E-state index is -2.84. The third-order valence-electron chi connectivity index (χ3n) is 8.99. The Labute approximate surface area is 248 Å². The number of aliphatic hydroxyl groups is 4. The summed E-state index contributed by atoms with van der Waals surface area (Å²) in [6.07, 6.45) is 2.39. The fourth-order valence-electron chi connectivity index (χ4n) is 6.74. The molecule has 13 heteroatoms. The second-order valence-corrected chi connectivity index (χ2v) is 11.9. The summed E-state index contributed by atoms with van der Waals surface area (Å²) in [6, 6.07) is 1.92. The normalized spacial score (nSPS) is 29.2. The molecule has 0 bridgehead atoms. The molecule has 0 aromatic heterocycles. The third-order valence-corrected chi connectivity index (χ3v) is 8.99. The van der Waals surface area contributed by atoms with Crippen LogP contribution in [-0.2, 0) is 24.8 Å². The number of carbonyl (C=O) groups is 4. The molecule has 0 radical (unpaired) electrons. The number of phenols is 1. The van der Waals surface area contributed by atoms with E-state index in [1.807, 2.05) is 6.92 Å². The highest BCUT2D eigenvalue weighted by Crippen LogP contribution is 2.57. The van der Waals surface area contributed by atoms with Crippen molar-refractivity contribution in [1.29, 1.82) is 0 Å². The molecule has 234 valence electrons. The summed E-state index contributed by atoms with van der Waals surface area (Å²) in [6.45, 7) is 2.98. The lowest BCUT2D eigenvalue weighted by molar-refractivity contribution is -0.159. The Balaban J connectivity index is 1.75. The Morgan fingerprint density at radius 1 is 1.12 bits per heavy atom. The molecule has 1 unspecified atom stereocenters. The number of fused-ring (bicyclic) bond motifs is 3. The van der Waals surface area contributed by atoms with Gasteiger partial charge < -0.3 is 36.0 Å². The maximum atomic E-state index is 14.1. The molecule has 1 amide bonds. The molecule has 1 fully saturated rings. The van der Waals surface area contributed by atoms with Gasteiger partial charge in [0.15, 0.2) is 11.4 Å². The smallest absolute Gasteiger partial charge is 0.320 e. The van der Waals surface area contributed by atoms with Gasteiger partial charge in [0.2, 0.25) is 5.78 Å². The van der Waals surface area contributed by atoms with Gasteiger partial charge in [-0.25, -0.2) is 0 Å². The van der Waals surface area contributed by atoms with E-state index >= 15 is 0 Å². The number of phenolic OH excluding ortho intramolecular Hbond substituents is 1. The number of Topliss-reactive ketones (excluding diaryl/α,β-unsaturated/α-hetero) is 2. The molecular formula is C30H39N3O10. The average molecular weight is 602 g/mol. The maximum Gasteiger partial charge on any atom is 0.320 e. The zero-order valence-electron chi connectivity index (χ0n) is 24.5. The Morgan fingerprint density at radius 3 is 2.40 bits per heavy atom. The Bertz CT molecular complexity index is 1410. The van der Waals surface area contributed by atoms with Gasteiger partial charge in [-0.3, -0.25) is 29.4 Å². The first-order chi connectivity index (χ1) is 20.1. The van der Waals surface area contributed by atoms with Crippen LogP contribution in [0.25, 0.3) is 5.76 Å². The fraction of sp³-hybridized carbons (Fsp3) is 0.533. The Morgan fingerprint density at radius 2 is 1.79 bits per heavy atom. The van der Waals surface area contributed by atoms with Crippen LogP contribution in [0, 0.1) is 11.8 Å². The third kappa shape index (κ3) is 5.09. The van der Waals surface area contributed by atoms with E-state index in [0.29, 0.717) is 12.8 Å². The van der Waals surface area contributed by atoms with Crippen molar-refractivity contribution in [3.63, 3.8) is 0 Å². The molecule has 0 heterocycles. The van der Waals surface area contributed by atoms with Crippen molar-refractivity contribution in [3.8, 4) is 5.75 Å². The summed E-state index contributed by atoms with van der Waals surface area (Å²) in [4.78, 5) is 54.1. The second kappa shape index (κ2) is 11.7. The van der Waals surface area contributed by atoms with Gasteiger partial charge in [0.25, 0.3) is 5.91 Å². The number of carbonyl (C=O) groups excluding carboxylic acids is 3. The minimum absolute atomic E-state index is 0.141. The lowest BCUT2D eigenvalue weighted by Gasteiger charge is -2.53. The van der Waals surface area contributed by atoms with Crippen LogP contribution in [0.4, 0.5) is 0 Å². The first-order valence-electron chi connectivity index (χ1n) is 14.3. The van der Waals surface area contributed by atoms with Crippen molar-refractivity contribution in [2.75, 3.05) is 20.8 Å². The minimum Gasteiger partial charge on any atom is -0.508 e. The van der Waals surface area contributed by atoms with E-state index < -0.39 is 87.0 Å². The molecule has 1 aromatic rings. The molecule has 3 aliphatic rings. The predicted octanol–water partition coefficient (Wildman–Crippen LogP) is 0.841. The van der Waals surface area contributed by atoms with E-state index in [0.717, 1.165) is 12.8 Å². The summed E-state index contributed by atoms with van der Waals surface area (Å²) in [7, 11) is 2.99. The van der Waals surface area contributed by atoms with Gasteiger partial charge in [-0.1, -0.05) is 38.3 Å². The molecule has 1 saturated carbocycles. The van der Waals surface area contributed by atoms with E-state index in [-0.39, 0.29) is 24.2 Å². The van der Waals surface area contributed by atoms with Crippen molar-refractivity contribution in [3.05, 3.63) is 46.2 Å². The second-order valence-electron chi connectivity index (χ2n) is 11.9.